The van der Waals surface area contributed by atoms with Gasteiger partial charge in [0.05, 0.1) is 7.11 Å². The van der Waals surface area contributed by atoms with Crippen LogP contribution in [0.5, 0.6) is 11.5 Å². The summed E-state index contributed by atoms with van der Waals surface area (Å²) < 4.78 is 17.5. The molecule has 1 aliphatic carbocycles. The molecule has 1 heterocycles. The minimum Gasteiger partial charge on any atom is -0.496 e. The van der Waals surface area contributed by atoms with Gasteiger partial charge in [-0.3, -0.25) is 0 Å². The number of unbranched alkanes of at least 4 members (excludes halogenated alkanes) is 3. The molecule has 1 aromatic heterocycles. The molecule has 4 nitrogen and oxygen atoms in total. The van der Waals surface area contributed by atoms with Gasteiger partial charge in [-0.25, -0.2) is 4.79 Å². The summed E-state index contributed by atoms with van der Waals surface area (Å²) in [5.41, 5.74) is 4.70. The Labute approximate surface area is 184 Å². The lowest BCUT2D eigenvalue weighted by Gasteiger charge is -2.19. The number of ether oxygens (including phenoxy) is 2. The van der Waals surface area contributed by atoms with Gasteiger partial charge in [0, 0.05) is 22.6 Å². The number of methoxy groups -OCH3 is 1. The first-order valence-corrected chi connectivity index (χ1v) is 11.6. The maximum absolute atomic E-state index is 12.6. The summed E-state index contributed by atoms with van der Waals surface area (Å²) >= 11 is 0. The average Bonchev–Trinajstić information content (AvgIpc) is 2.81. The Morgan fingerprint density at radius 2 is 1.74 bits per heavy atom. The number of benzene rings is 2. The molecular weight excluding hydrogens is 388 g/mol. The monoisotopic (exact) mass is 420 g/mol. The highest BCUT2D eigenvalue weighted by Crippen LogP contribution is 2.33. The van der Waals surface area contributed by atoms with Crippen LogP contribution >= 0.6 is 0 Å². The van der Waals surface area contributed by atoms with Crippen molar-refractivity contribution in [2.45, 2.75) is 71.3 Å². The molecular formula is C27H32O4. The fourth-order valence-electron chi connectivity index (χ4n) is 4.57. The van der Waals surface area contributed by atoms with Crippen molar-refractivity contribution in [2.24, 2.45) is 0 Å². The van der Waals surface area contributed by atoms with Crippen molar-refractivity contribution in [3.63, 3.8) is 0 Å². The number of hydrogen-bond acceptors (Lipinski definition) is 4. The summed E-state index contributed by atoms with van der Waals surface area (Å²) in [7, 11) is 1.67. The standard InChI is InChI=1S/C27H32O4/c1-3-4-5-6-11-19-16-23-21-13-8-9-14-22(21)27(28)31-26(23)17-25(19)30-18-20-12-7-10-15-24(20)29-2/h7,10,12,15-17H,3-6,8-9,11,13-14,18H2,1-2H3. The third kappa shape index (κ3) is 4.79. The van der Waals surface area contributed by atoms with Gasteiger partial charge in [-0.1, -0.05) is 44.4 Å². The number of hydrogen-bond donors (Lipinski definition) is 0. The number of para-hydroxylation sites is 1. The first kappa shape index (κ1) is 21.5. The van der Waals surface area contributed by atoms with Crippen molar-refractivity contribution in [1.29, 1.82) is 0 Å². The zero-order valence-electron chi connectivity index (χ0n) is 18.7. The number of aryl methyl sites for hydroxylation is 2. The summed E-state index contributed by atoms with van der Waals surface area (Å²) in [6, 6.07) is 12.0. The third-order valence-corrected chi connectivity index (χ3v) is 6.28. The van der Waals surface area contributed by atoms with Crippen LogP contribution in [0.1, 0.15) is 67.7 Å². The highest BCUT2D eigenvalue weighted by atomic mass is 16.5. The highest BCUT2D eigenvalue weighted by molar-refractivity contribution is 5.84. The molecule has 31 heavy (non-hydrogen) atoms. The molecule has 4 heteroatoms. The largest absolute Gasteiger partial charge is 0.496 e. The van der Waals surface area contributed by atoms with Crippen molar-refractivity contribution >= 4 is 11.0 Å². The molecule has 0 unspecified atom stereocenters. The van der Waals surface area contributed by atoms with E-state index in [2.05, 4.69) is 13.0 Å². The molecule has 0 saturated carbocycles. The fraction of sp³-hybridized carbons (Fsp3) is 0.444. The van der Waals surface area contributed by atoms with E-state index in [1.165, 1.54) is 30.4 Å². The van der Waals surface area contributed by atoms with Crippen LogP contribution < -0.4 is 15.1 Å². The Morgan fingerprint density at radius 1 is 0.935 bits per heavy atom. The van der Waals surface area contributed by atoms with Gasteiger partial charge in [0.25, 0.3) is 0 Å². The van der Waals surface area contributed by atoms with Gasteiger partial charge in [0.1, 0.15) is 23.7 Å². The van der Waals surface area contributed by atoms with Crippen molar-refractivity contribution in [3.05, 3.63) is 69.1 Å². The van der Waals surface area contributed by atoms with E-state index < -0.39 is 0 Å². The van der Waals surface area contributed by atoms with Crippen LogP contribution in [0.3, 0.4) is 0 Å². The van der Waals surface area contributed by atoms with Gasteiger partial charge < -0.3 is 13.9 Å². The molecule has 0 aliphatic heterocycles. The van der Waals surface area contributed by atoms with Gasteiger partial charge in [-0.15, -0.1) is 0 Å². The Hall–Kier alpha value is -2.75. The summed E-state index contributed by atoms with van der Waals surface area (Å²) in [4.78, 5) is 12.6. The second-order valence-corrected chi connectivity index (χ2v) is 8.42. The van der Waals surface area contributed by atoms with Gasteiger partial charge in [0.2, 0.25) is 0 Å². The first-order valence-electron chi connectivity index (χ1n) is 11.6. The summed E-state index contributed by atoms with van der Waals surface area (Å²) in [5.74, 6) is 1.61. The molecule has 1 aliphatic rings. The molecule has 0 N–H and O–H groups in total. The second-order valence-electron chi connectivity index (χ2n) is 8.42. The Morgan fingerprint density at radius 3 is 2.55 bits per heavy atom. The second kappa shape index (κ2) is 10.0. The zero-order chi connectivity index (χ0) is 21.6. The van der Waals surface area contributed by atoms with E-state index in [1.54, 1.807) is 7.11 Å². The van der Waals surface area contributed by atoms with Crippen molar-refractivity contribution in [3.8, 4) is 11.5 Å². The molecule has 3 aromatic rings. The van der Waals surface area contributed by atoms with E-state index in [-0.39, 0.29) is 5.63 Å². The zero-order valence-corrected chi connectivity index (χ0v) is 18.7. The Balaban J connectivity index is 1.70. The number of fused-ring (bicyclic) bond motifs is 3. The molecule has 164 valence electrons. The normalized spacial score (nSPS) is 13.2. The highest BCUT2D eigenvalue weighted by Gasteiger charge is 2.20. The van der Waals surface area contributed by atoms with Crippen LogP contribution in [-0.4, -0.2) is 7.11 Å². The maximum atomic E-state index is 12.6. The lowest BCUT2D eigenvalue weighted by molar-refractivity contribution is 0.293. The fourth-order valence-corrected chi connectivity index (χ4v) is 4.57. The smallest absolute Gasteiger partial charge is 0.339 e. The topological polar surface area (TPSA) is 48.7 Å². The predicted octanol–water partition coefficient (Wildman–Crippen LogP) is 6.38. The minimum atomic E-state index is -0.187. The van der Waals surface area contributed by atoms with Gasteiger partial charge >= 0.3 is 5.63 Å². The van der Waals surface area contributed by atoms with E-state index >= 15 is 0 Å². The molecule has 0 fully saturated rings. The van der Waals surface area contributed by atoms with Crippen LogP contribution in [0.4, 0.5) is 0 Å². The molecule has 0 spiro atoms. The molecule has 0 radical (unpaired) electrons. The van der Waals surface area contributed by atoms with Gasteiger partial charge in [0.15, 0.2) is 0 Å². The molecule has 0 bridgehead atoms. The molecule has 0 saturated heterocycles. The lowest BCUT2D eigenvalue weighted by atomic mass is 9.89. The van der Waals surface area contributed by atoms with Gasteiger partial charge in [-0.2, -0.15) is 0 Å². The Kier molecular flexibility index (Phi) is 6.96. The van der Waals surface area contributed by atoms with Crippen molar-refractivity contribution < 1.29 is 13.9 Å². The van der Waals surface area contributed by atoms with Crippen LogP contribution in [-0.2, 0) is 25.9 Å². The van der Waals surface area contributed by atoms with E-state index in [1.807, 2.05) is 30.3 Å². The van der Waals surface area contributed by atoms with E-state index in [9.17, 15) is 4.79 Å². The van der Waals surface area contributed by atoms with Gasteiger partial charge in [-0.05, 0) is 61.8 Å². The molecule has 0 amide bonds. The van der Waals surface area contributed by atoms with Crippen LogP contribution in [0.15, 0.2) is 45.6 Å². The minimum absolute atomic E-state index is 0.187. The van der Waals surface area contributed by atoms with E-state index in [4.69, 9.17) is 13.9 Å². The molecule has 0 atom stereocenters. The van der Waals surface area contributed by atoms with Crippen LogP contribution in [0.25, 0.3) is 11.0 Å². The lowest BCUT2D eigenvalue weighted by Crippen LogP contribution is -2.16. The summed E-state index contributed by atoms with van der Waals surface area (Å²) in [6.45, 7) is 2.64. The molecule has 4 rings (SSSR count). The predicted molar refractivity (Wildman–Crippen MR) is 124 cm³/mol. The van der Waals surface area contributed by atoms with E-state index in [0.29, 0.717) is 12.2 Å². The average molecular weight is 421 g/mol. The third-order valence-electron chi connectivity index (χ3n) is 6.28. The number of rotatable bonds is 9. The quantitative estimate of drug-likeness (QED) is 0.298. The van der Waals surface area contributed by atoms with E-state index in [0.717, 1.165) is 66.5 Å². The van der Waals surface area contributed by atoms with Crippen molar-refractivity contribution in [2.75, 3.05) is 7.11 Å². The van der Waals surface area contributed by atoms with Crippen molar-refractivity contribution in [1.82, 2.24) is 0 Å². The van der Waals surface area contributed by atoms with Crippen LogP contribution in [0.2, 0.25) is 0 Å². The Bertz CT molecular complexity index is 1100. The summed E-state index contributed by atoms with van der Waals surface area (Å²) in [5, 5.41) is 1.09. The summed E-state index contributed by atoms with van der Waals surface area (Å²) in [6.07, 6.45) is 9.73. The maximum Gasteiger partial charge on any atom is 0.339 e. The molecule has 2 aromatic carbocycles. The van der Waals surface area contributed by atoms with Crippen LogP contribution in [0, 0.1) is 0 Å². The first-order chi connectivity index (χ1) is 15.2. The SMILES string of the molecule is CCCCCCc1cc2c3c(c(=O)oc2cc1OCc1ccccc1OC)CCCC3.